The van der Waals surface area contributed by atoms with Gasteiger partial charge in [0.15, 0.2) is 0 Å². The molecule has 1 amide bonds. The van der Waals surface area contributed by atoms with Gasteiger partial charge >= 0.3 is 0 Å². The van der Waals surface area contributed by atoms with Crippen molar-refractivity contribution < 1.29 is 14.3 Å². The molecule has 1 N–H and O–H groups in total. The average Bonchev–Trinajstić information content (AvgIpc) is 2.48. The van der Waals surface area contributed by atoms with Crippen LogP contribution in [0.5, 0.6) is 5.75 Å². The highest BCUT2D eigenvalue weighted by Gasteiger charge is 2.21. The molecule has 21 heavy (non-hydrogen) atoms. The lowest BCUT2D eigenvalue weighted by molar-refractivity contribution is 0.0740. The van der Waals surface area contributed by atoms with Gasteiger partial charge in [0.05, 0.1) is 6.04 Å². The van der Waals surface area contributed by atoms with Crippen LogP contribution >= 0.6 is 0 Å². The Morgan fingerprint density at radius 2 is 1.90 bits per heavy atom. The number of phenols is 1. The van der Waals surface area contributed by atoms with Crippen molar-refractivity contribution in [3.63, 3.8) is 0 Å². The van der Waals surface area contributed by atoms with E-state index in [0.29, 0.717) is 16.7 Å². The fraction of sp³-hybridized carbons (Fsp3) is 0.235. The van der Waals surface area contributed by atoms with Crippen LogP contribution in [0.1, 0.15) is 34.5 Å². The molecule has 2 rings (SSSR count). The lowest BCUT2D eigenvalue weighted by atomic mass is 10.0. The van der Waals surface area contributed by atoms with Crippen LogP contribution in [-0.4, -0.2) is 23.0 Å². The highest BCUT2D eigenvalue weighted by molar-refractivity contribution is 5.94. The third-order valence-corrected chi connectivity index (χ3v) is 3.70. The second kappa shape index (κ2) is 5.95. The first-order valence-corrected chi connectivity index (χ1v) is 6.73. The number of hydrogen-bond donors (Lipinski definition) is 1. The highest BCUT2D eigenvalue weighted by atomic mass is 19.1. The standard InChI is InChI=1S/C17H18FNO2/c1-11-10-13(8-9-16(11)20)17(21)19(3)12(2)14-6-4-5-7-15(14)18/h4-10,12,20H,1-3H3. The minimum Gasteiger partial charge on any atom is -0.508 e. The summed E-state index contributed by atoms with van der Waals surface area (Å²) in [6.45, 7) is 3.51. The first-order chi connectivity index (χ1) is 9.91. The predicted octanol–water partition coefficient (Wildman–Crippen LogP) is 3.67. The molecule has 3 nitrogen and oxygen atoms in total. The number of aryl methyl sites for hydroxylation is 1. The molecule has 0 heterocycles. The maximum absolute atomic E-state index is 13.8. The van der Waals surface area contributed by atoms with E-state index >= 15 is 0 Å². The lowest BCUT2D eigenvalue weighted by Gasteiger charge is -2.26. The number of benzene rings is 2. The summed E-state index contributed by atoms with van der Waals surface area (Å²) < 4.78 is 13.8. The van der Waals surface area contributed by atoms with Crippen molar-refractivity contribution in [3.05, 3.63) is 65.0 Å². The summed E-state index contributed by atoms with van der Waals surface area (Å²) in [5, 5.41) is 9.51. The fourth-order valence-corrected chi connectivity index (χ4v) is 2.19. The monoisotopic (exact) mass is 287 g/mol. The Labute approximate surface area is 123 Å². The van der Waals surface area contributed by atoms with Gasteiger partial charge in [0, 0.05) is 18.2 Å². The Bertz CT molecular complexity index is 670. The molecule has 0 radical (unpaired) electrons. The predicted molar refractivity (Wildman–Crippen MR) is 79.8 cm³/mol. The summed E-state index contributed by atoms with van der Waals surface area (Å²) in [5.41, 5.74) is 1.58. The maximum atomic E-state index is 13.8. The maximum Gasteiger partial charge on any atom is 0.254 e. The number of carbonyl (C=O) groups is 1. The molecule has 0 fully saturated rings. The Morgan fingerprint density at radius 1 is 1.24 bits per heavy atom. The van der Waals surface area contributed by atoms with Crippen LogP contribution in [0.15, 0.2) is 42.5 Å². The third kappa shape index (κ3) is 3.05. The normalized spacial score (nSPS) is 12.0. The summed E-state index contributed by atoms with van der Waals surface area (Å²) >= 11 is 0. The van der Waals surface area contributed by atoms with Crippen molar-refractivity contribution in [2.75, 3.05) is 7.05 Å². The number of halogens is 1. The van der Waals surface area contributed by atoms with E-state index in [0.717, 1.165) is 0 Å². The molecular formula is C17H18FNO2. The van der Waals surface area contributed by atoms with Crippen molar-refractivity contribution in [2.24, 2.45) is 0 Å². The van der Waals surface area contributed by atoms with Gasteiger partial charge in [-0.15, -0.1) is 0 Å². The molecular weight excluding hydrogens is 269 g/mol. The zero-order valence-corrected chi connectivity index (χ0v) is 12.3. The van der Waals surface area contributed by atoms with Gasteiger partial charge < -0.3 is 10.0 Å². The minimum atomic E-state index is -0.382. The number of amides is 1. The Hall–Kier alpha value is -2.36. The molecule has 0 saturated heterocycles. The summed E-state index contributed by atoms with van der Waals surface area (Å²) in [4.78, 5) is 13.9. The molecule has 0 saturated carbocycles. The van der Waals surface area contributed by atoms with Gasteiger partial charge in [-0.25, -0.2) is 4.39 Å². The highest BCUT2D eigenvalue weighted by Crippen LogP contribution is 2.24. The van der Waals surface area contributed by atoms with Crippen LogP contribution in [0, 0.1) is 12.7 Å². The minimum absolute atomic E-state index is 0.149. The Balaban J connectivity index is 2.26. The molecule has 110 valence electrons. The molecule has 4 heteroatoms. The number of aromatic hydroxyl groups is 1. The van der Waals surface area contributed by atoms with Crippen molar-refractivity contribution in [1.29, 1.82) is 0 Å². The van der Waals surface area contributed by atoms with Gasteiger partial charge in [-0.2, -0.15) is 0 Å². The van der Waals surface area contributed by atoms with E-state index in [1.807, 2.05) is 0 Å². The van der Waals surface area contributed by atoms with Gasteiger partial charge in [0.2, 0.25) is 0 Å². The van der Waals surface area contributed by atoms with Crippen LogP contribution in [0.25, 0.3) is 0 Å². The molecule has 0 aliphatic carbocycles. The number of hydrogen-bond acceptors (Lipinski definition) is 2. The number of phenolic OH excluding ortho intramolecular Hbond substituents is 1. The van der Waals surface area contributed by atoms with Crippen LogP contribution in [0.4, 0.5) is 4.39 Å². The first kappa shape index (κ1) is 15.0. The molecule has 2 aromatic carbocycles. The quantitative estimate of drug-likeness (QED) is 0.935. The third-order valence-electron chi connectivity index (χ3n) is 3.70. The number of carbonyl (C=O) groups excluding carboxylic acids is 1. The van der Waals surface area contributed by atoms with Crippen LogP contribution in [0.3, 0.4) is 0 Å². The van der Waals surface area contributed by atoms with Crippen LogP contribution in [-0.2, 0) is 0 Å². The molecule has 0 bridgehead atoms. The zero-order valence-electron chi connectivity index (χ0n) is 12.3. The zero-order chi connectivity index (χ0) is 15.6. The molecule has 1 unspecified atom stereocenters. The van der Waals surface area contributed by atoms with Gasteiger partial charge in [-0.3, -0.25) is 4.79 Å². The summed E-state index contributed by atoms with van der Waals surface area (Å²) in [6, 6.07) is 10.7. The van der Waals surface area contributed by atoms with E-state index in [2.05, 4.69) is 0 Å². The number of nitrogens with zero attached hydrogens (tertiary/aromatic N) is 1. The van der Waals surface area contributed by atoms with E-state index in [9.17, 15) is 14.3 Å². The van der Waals surface area contributed by atoms with Crippen molar-refractivity contribution in [3.8, 4) is 5.75 Å². The van der Waals surface area contributed by atoms with Crippen molar-refractivity contribution >= 4 is 5.91 Å². The molecule has 0 aliphatic heterocycles. The Kier molecular flexibility index (Phi) is 4.26. The molecule has 2 aromatic rings. The van der Waals surface area contributed by atoms with Gasteiger partial charge in [0.1, 0.15) is 11.6 Å². The molecule has 1 atom stereocenters. The van der Waals surface area contributed by atoms with Crippen LogP contribution < -0.4 is 0 Å². The van der Waals surface area contributed by atoms with E-state index in [1.54, 1.807) is 51.2 Å². The second-order valence-electron chi connectivity index (χ2n) is 5.11. The summed E-state index contributed by atoms with van der Waals surface area (Å²) in [5.74, 6) is -0.392. The molecule has 0 aromatic heterocycles. The topological polar surface area (TPSA) is 40.5 Å². The molecule has 0 spiro atoms. The summed E-state index contributed by atoms with van der Waals surface area (Å²) in [7, 11) is 1.64. The SMILES string of the molecule is Cc1cc(C(=O)N(C)C(C)c2ccccc2F)ccc1O. The number of rotatable bonds is 3. The van der Waals surface area contributed by atoms with E-state index in [4.69, 9.17) is 0 Å². The first-order valence-electron chi connectivity index (χ1n) is 6.73. The van der Waals surface area contributed by atoms with Gasteiger partial charge in [-0.05, 0) is 43.7 Å². The second-order valence-corrected chi connectivity index (χ2v) is 5.11. The van der Waals surface area contributed by atoms with E-state index in [-0.39, 0.29) is 23.5 Å². The largest absolute Gasteiger partial charge is 0.508 e. The van der Waals surface area contributed by atoms with Crippen molar-refractivity contribution in [1.82, 2.24) is 4.90 Å². The van der Waals surface area contributed by atoms with Crippen molar-refractivity contribution in [2.45, 2.75) is 19.9 Å². The average molecular weight is 287 g/mol. The molecule has 0 aliphatic rings. The van der Waals surface area contributed by atoms with Gasteiger partial charge in [-0.1, -0.05) is 18.2 Å². The lowest BCUT2D eigenvalue weighted by Crippen LogP contribution is -2.30. The summed E-state index contributed by atoms with van der Waals surface area (Å²) in [6.07, 6.45) is 0. The van der Waals surface area contributed by atoms with E-state index < -0.39 is 0 Å². The van der Waals surface area contributed by atoms with Crippen LogP contribution in [0.2, 0.25) is 0 Å². The fourth-order valence-electron chi connectivity index (χ4n) is 2.19. The van der Waals surface area contributed by atoms with E-state index in [1.165, 1.54) is 17.0 Å². The van der Waals surface area contributed by atoms with Gasteiger partial charge in [0.25, 0.3) is 5.91 Å². The smallest absolute Gasteiger partial charge is 0.254 e. The Morgan fingerprint density at radius 3 is 2.52 bits per heavy atom.